The van der Waals surface area contributed by atoms with Crippen LogP contribution in [-0.2, 0) is 5.75 Å². The summed E-state index contributed by atoms with van der Waals surface area (Å²) < 4.78 is 1.04. The summed E-state index contributed by atoms with van der Waals surface area (Å²) in [5.41, 5.74) is 3.13. The molecule has 0 aliphatic carbocycles. The second-order valence-corrected chi connectivity index (χ2v) is 12.1. The van der Waals surface area contributed by atoms with Crippen LogP contribution < -0.4 is 5.19 Å². The van der Waals surface area contributed by atoms with Gasteiger partial charge >= 0.3 is 0 Å². The minimum Gasteiger partial charge on any atom is -0.146 e. The van der Waals surface area contributed by atoms with Gasteiger partial charge in [-0.25, -0.2) is 0 Å². The molecule has 2 aromatic rings. The van der Waals surface area contributed by atoms with E-state index in [1.807, 2.05) is 0 Å². The highest BCUT2D eigenvalue weighted by Gasteiger charge is 2.15. The van der Waals surface area contributed by atoms with Crippen LogP contribution in [0.3, 0.4) is 0 Å². The first-order valence-corrected chi connectivity index (χ1v) is 10.9. The van der Waals surface area contributed by atoms with Gasteiger partial charge in [-0.3, -0.25) is 0 Å². The molecule has 0 spiro atoms. The largest absolute Gasteiger partial charge is 0.174 e. The first-order chi connectivity index (χ1) is 8.05. The van der Waals surface area contributed by atoms with Crippen molar-refractivity contribution in [2.75, 3.05) is 0 Å². The van der Waals surface area contributed by atoms with Crippen LogP contribution in [0.1, 0.15) is 5.56 Å². The molecule has 0 fully saturated rings. The van der Waals surface area contributed by atoms with E-state index in [0.717, 1.165) is 10.1 Å². The highest BCUT2D eigenvalue weighted by atomic mass is 32.2. The predicted molar refractivity (Wildman–Crippen MR) is 78.9 cm³/mol. The first kappa shape index (κ1) is 12.8. The lowest BCUT2D eigenvalue weighted by molar-refractivity contribution is 1.01. The van der Waals surface area contributed by atoms with E-state index in [-0.39, 0.29) is 0 Å². The average molecular weight is 280 g/mol. The van der Waals surface area contributed by atoms with E-state index >= 15 is 0 Å². The standard InChI is InChI=1S/C12H16N2S2Si/c1-17(2,3)11-6-4-10(5-7-11)8-15-12-14-13-9-16-12/h4-7,9H,8H2,1-3H3. The molecular weight excluding hydrogens is 264 g/mol. The number of benzene rings is 1. The molecule has 90 valence electrons. The number of nitrogens with zero attached hydrogens (tertiary/aromatic N) is 2. The molecule has 1 heterocycles. The van der Waals surface area contributed by atoms with Gasteiger partial charge in [0.25, 0.3) is 0 Å². The fourth-order valence-corrected chi connectivity index (χ4v) is 4.08. The quantitative estimate of drug-likeness (QED) is 0.634. The van der Waals surface area contributed by atoms with E-state index in [0.29, 0.717) is 0 Å². The van der Waals surface area contributed by atoms with Gasteiger partial charge in [0.05, 0.1) is 8.07 Å². The summed E-state index contributed by atoms with van der Waals surface area (Å²) in [6.45, 7) is 7.12. The summed E-state index contributed by atoms with van der Waals surface area (Å²) >= 11 is 3.35. The summed E-state index contributed by atoms with van der Waals surface area (Å²) in [6.07, 6.45) is 0. The lowest BCUT2D eigenvalue weighted by atomic mass is 10.2. The Balaban J connectivity index is 1.99. The maximum atomic E-state index is 4.03. The zero-order valence-electron chi connectivity index (χ0n) is 10.3. The summed E-state index contributed by atoms with van der Waals surface area (Å²) in [7, 11) is -1.16. The smallest absolute Gasteiger partial charge is 0.146 e. The van der Waals surface area contributed by atoms with Gasteiger partial charge in [0.15, 0.2) is 4.34 Å². The molecule has 2 nitrogen and oxygen atoms in total. The zero-order chi connectivity index (χ0) is 12.3. The van der Waals surface area contributed by atoms with Gasteiger partial charge in [0.2, 0.25) is 0 Å². The highest BCUT2D eigenvalue weighted by molar-refractivity contribution is 8.00. The zero-order valence-corrected chi connectivity index (χ0v) is 12.9. The number of aromatic nitrogens is 2. The van der Waals surface area contributed by atoms with Crippen LogP contribution in [0, 0.1) is 0 Å². The number of hydrogen-bond acceptors (Lipinski definition) is 4. The van der Waals surface area contributed by atoms with Gasteiger partial charge in [-0.05, 0) is 5.56 Å². The van der Waals surface area contributed by atoms with Crippen LogP contribution in [0.2, 0.25) is 19.6 Å². The van der Waals surface area contributed by atoms with Gasteiger partial charge in [-0.1, -0.05) is 72.2 Å². The molecule has 1 aromatic carbocycles. The molecule has 0 amide bonds. The van der Waals surface area contributed by atoms with E-state index in [1.54, 1.807) is 28.6 Å². The fraction of sp³-hybridized carbons (Fsp3) is 0.333. The Morgan fingerprint density at radius 2 is 1.88 bits per heavy atom. The van der Waals surface area contributed by atoms with Crippen molar-refractivity contribution in [1.29, 1.82) is 0 Å². The number of thioether (sulfide) groups is 1. The maximum absolute atomic E-state index is 4.03. The fourth-order valence-electron chi connectivity index (χ4n) is 1.47. The third-order valence-electron chi connectivity index (χ3n) is 2.52. The Kier molecular flexibility index (Phi) is 4.01. The normalized spacial score (nSPS) is 11.7. The molecule has 0 saturated heterocycles. The SMILES string of the molecule is C[Si](C)(C)c1ccc(CSc2nncs2)cc1. The molecule has 1 aromatic heterocycles. The molecule has 0 aliphatic heterocycles. The maximum Gasteiger partial charge on any atom is 0.174 e. The average Bonchev–Trinajstić information content (AvgIpc) is 2.78. The van der Waals surface area contributed by atoms with Crippen LogP contribution in [0.15, 0.2) is 34.1 Å². The Morgan fingerprint density at radius 1 is 1.18 bits per heavy atom. The Labute approximate surface area is 112 Å². The second-order valence-electron chi connectivity index (χ2n) is 4.94. The van der Waals surface area contributed by atoms with Crippen LogP contribution in [0.25, 0.3) is 0 Å². The van der Waals surface area contributed by atoms with Crippen molar-refractivity contribution in [1.82, 2.24) is 10.2 Å². The summed E-state index contributed by atoms with van der Waals surface area (Å²) in [5, 5.41) is 9.38. The van der Waals surface area contributed by atoms with Crippen molar-refractivity contribution < 1.29 is 0 Å². The van der Waals surface area contributed by atoms with E-state index in [1.165, 1.54) is 10.8 Å². The Bertz CT molecular complexity index is 460. The Morgan fingerprint density at radius 3 is 2.41 bits per heavy atom. The number of rotatable bonds is 4. The van der Waals surface area contributed by atoms with Gasteiger partial charge in [-0.15, -0.1) is 10.2 Å². The van der Waals surface area contributed by atoms with Gasteiger partial charge in [0, 0.05) is 5.75 Å². The van der Waals surface area contributed by atoms with Crippen molar-refractivity contribution in [3.63, 3.8) is 0 Å². The molecule has 0 aliphatic rings. The monoisotopic (exact) mass is 280 g/mol. The molecule has 17 heavy (non-hydrogen) atoms. The second kappa shape index (κ2) is 5.33. The van der Waals surface area contributed by atoms with E-state index in [9.17, 15) is 0 Å². The van der Waals surface area contributed by atoms with Crippen molar-refractivity contribution in [2.24, 2.45) is 0 Å². The summed E-state index contributed by atoms with van der Waals surface area (Å²) in [4.78, 5) is 0. The van der Waals surface area contributed by atoms with Crippen LogP contribution in [0.5, 0.6) is 0 Å². The van der Waals surface area contributed by atoms with E-state index < -0.39 is 8.07 Å². The van der Waals surface area contributed by atoms with Crippen molar-refractivity contribution >= 4 is 36.4 Å². The lowest BCUT2D eigenvalue weighted by Gasteiger charge is -2.16. The van der Waals surface area contributed by atoms with E-state index in [4.69, 9.17) is 0 Å². The lowest BCUT2D eigenvalue weighted by Crippen LogP contribution is -2.37. The molecule has 0 unspecified atom stereocenters. The highest BCUT2D eigenvalue weighted by Crippen LogP contribution is 2.23. The molecular formula is C12H16N2S2Si. The van der Waals surface area contributed by atoms with Crippen molar-refractivity contribution in [3.8, 4) is 0 Å². The molecule has 0 bridgehead atoms. The Hall–Kier alpha value is -0.653. The van der Waals surface area contributed by atoms with Crippen LogP contribution >= 0.6 is 23.1 Å². The van der Waals surface area contributed by atoms with Crippen LogP contribution in [-0.4, -0.2) is 18.3 Å². The predicted octanol–water partition coefficient (Wildman–Crippen LogP) is 3.38. The molecule has 0 saturated carbocycles. The minimum absolute atomic E-state index is 0.973. The third-order valence-corrected chi connectivity index (χ3v) is 6.52. The van der Waals surface area contributed by atoms with E-state index in [2.05, 4.69) is 54.1 Å². The molecule has 5 heteroatoms. The summed E-state index contributed by atoms with van der Waals surface area (Å²) in [5.74, 6) is 0.973. The van der Waals surface area contributed by atoms with Crippen molar-refractivity contribution in [2.45, 2.75) is 29.7 Å². The third kappa shape index (κ3) is 3.66. The van der Waals surface area contributed by atoms with Crippen molar-refractivity contribution in [3.05, 3.63) is 35.3 Å². The van der Waals surface area contributed by atoms with Crippen LogP contribution in [0.4, 0.5) is 0 Å². The van der Waals surface area contributed by atoms with Gasteiger partial charge in [0.1, 0.15) is 5.51 Å². The minimum atomic E-state index is -1.16. The number of hydrogen-bond donors (Lipinski definition) is 0. The molecule has 0 N–H and O–H groups in total. The first-order valence-electron chi connectivity index (χ1n) is 5.54. The molecule has 0 atom stereocenters. The topological polar surface area (TPSA) is 25.8 Å². The molecule has 2 rings (SSSR count). The molecule has 0 radical (unpaired) electrons. The van der Waals surface area contributed by atoms with Gasteiger partial charge < -0.3 is 0 Å². The summed E-state index contributed by atoms with van der Waals surface area (Å²) in [6, 6.07) is 9.04. The van der Waals surface area contributed by atoms with Gasteiger partial charge in [-0.2, -0.15) is 0 Å².